The second-order valence-electron chi connectivity index (χ2n) is 5.86. The molecular weight excluding hydrogens is 364 g/mol. The molecular formula is C22H19ClO4. The maximum absolute atomic E-state index is 11.9. The molecule has 5 heteroatoms. The number of halogens is 1. The van der Waals surface area contributed by atoms with Crippen molar-refractivity contribution in [3.8, 4) is 33.9 Å². The van der Waals surface area contributed by atoms with Crippen molar-refractivity contribution >= 4 is 22.6 Å². The average Bonchev–Trinajstić information content (AvgIpc) is 2.67. The van der Waals surface area contributed by atoms with E-state index in [0.717, 1.165) is 0 Å². The minimum absolute atomic E-state index is 0.0780. The van der Waals surface area contributed by atoms with Crippen molar-refractivity contribution in [3.05, 3.63) is 69.3 Å². The van der Waals surface area contributed by atoms with Crippen molar-refractivity contribution in [2.45, 2.75) is 20.8 Å². The molecule has 2 aromatic carbocycles. The zero-order valence-electron chi connectivity index (χ0n) is 15.2. The van der Waals surface area contributed by atoms with Gasteiger partial charge in [-0.3, -0.25) is 4.79 Å². The summed E-state index contributed by atoms with van der Waals surface area (Å²) in [5, 5.41) is 21.2. The van der Waals surface area contributed by atoms with Crippen LogP contribution in [0.4, 0.5) is 0 Å². The number of benzene rings is 3. The summed E-state index contributed by atoms with van der Waals surface area (Å²) in [6.07, 6.45) is 0. The van der Waals surface area contributed by atoms with E-state index in [1.54, 1.807) is 43.3 Å². The van der Waals surface area contributed by atoms with E-state index in [1.807, 2.05) is 19.9 Å². The van der Waals surface area contributed by atoms with Crippen LogP contribution in [0, 0.1) is 6.92 Å². The molecule has 0 saturated heterocycles. The van der Waals surface area contributed by atoms with Gasteiger partial charge in [-0.05, 0) is 31.2 Å². The lowest BCUT2D eigenvalue weighted by molar-refractivity contribution is 0.470. The van der Waals surface area contributed by atoms with Crippen LogP contribution in [0.1, 0.15) is 19.4 Å². The minimum atomic E-state index is -0.349. The fourth-order valence-corrected chi connectivity index (χ4v) is 3.22. The molecule has 0 aromatic heterocycles. The maximum Gasteiger partial charge on any atom is 0.200 e. The van der Waals surface area contributed by atoms with Gasteiger partial charge in [0.25, 0.3) is 0 Å². The van der Waals surface area contributed by atoms with Crippen LogP contribution in [0.3, 0.4) is 0 Å². The zero-order valence-corrected chi connectivity index (χ0v) is 16.0. The largest absolute Gasteiger partial charge is 0.508 e. The van der Waals surface area contributed by atoms with Crippen LogP contribution >= 0.6 is 11.6 Å². The van der Waals surface area contributed by atoms with E-state index in [4.69, 9.17) is 16.0 Å². The second-order valence-corrected chi connectivity index (χ2v) is 6.27. The van der Waals surface area contributed by atoms with E-state index in [0.29, 0.717) is 39.0 Å². The standard InChI is InChI=1S/C20H13ClO4.C2H6/c1-10-15(22)7-6-12-19(11-4-2-3-5-16(11)23)13-8-14(21)17(24)9-18(13)25-20(10)12;1-2/h2-9,22-23H,1H3;1-2H3. The molecule has 0 bridgehead atoms. The van der Waals surface area contributed by atoms with Crippen LogP contribution in [-0.4, -0.2) is 10.2 Å². The lowest BCUT2D eigenvalue weighted by Crippen LogP contribution is -2.02. The number of aryl methyl sites for hydroxylation is 1. The van der Waals surface area contributed by atoms with Gasteiger partial charge in [0.05, 0.1) is 5.02 Å². The SMILES string of the molecule is CC.Cc1c(O)ccc2c(-c3ccccc3O)c3cc(Cl)c(=O)cc-3oc12. The summed E-state index contributed by atoms with van der Waals surface area (Å²) < 4.78 is 5.90. The van der Waals surface area contributed by atoms with Crippen LogP contribution in [0.15, 0.2) is 57.7 Å². The molecule has 0 fully saturated rings. The molecule has 27 heavy (non-hydrogen) atoms. The van der Waals surface area contributed by atoms with Gasteiger partial charge in [0.15, 0.2) is 0 Å². The van der Waals surface area contributed by atoms with Gasteiger partial charge in [-0.15, -0.1) is 0 Å². The van der Waals surface area contributed by atoms with Gasteiger partial charge >= 0.3 is 0 Å². The van der Waals surface area contributed by atoms with Crippen LogP contribution in [0.25, 0.3) is 33.4 Å². The second kappa shape index (κ2) is 7.33. The van der Waals surface area contributed by atoms with Crippen molar-refractivity contribution in [3.63, 3.8) is 0 Å². The van der Waals surface area contributed by atoms with Crippen molar-refractivity contribution in [2.75, 3.05) is 0 Å². The first-order valence-electron chi connectivity index (χ1n) is 8.64. The minimum Gasteiger partial charge on any atom is -0.508 e. The van der Waals surface area contributed by atoms with E-state index in [2.05, 4.69) is 0 Å². The molecule has 0 unspecified atom stereocenters. The summed E-state index contributed by atoms with van der Waals surface area (Å²) in [6.45, 7) is 5.73. The normalized spacial score (nSPS) is 10.7. The van der Waals surface area contributed by atoms with Gasteiger partial charge in [-0.1, -0.05) is 43.6 Å². The molecule has 0 radical (unpaired) electrons. The maximum atomic E-state index is 11.9. The average molecular weight is 383 g/mol. The van der Waals surface area contributed by atoms with E-state index < -0.39 is 0 Å². The number of phenols is 2. The fourth-order valence-electron chi connectivity index (χ4n) is 3.05. The summed E-state index contributed by atoms with van der Waals surface area (Å²) in [4.78, 5) is 11.9. The summed E-state index contributed by atoms with van der Waals surface area (Å²) in [5.41, 5.74) is 2.56. The molecule has 0 spiro atoms. The van der Waals surface area contributed by atoms with Gasteiger partial charge in [0.1, 0.15) is 22.8 Å². The molecule has 1 heterocycles. The predicted molar refractivity (Wildman–Crippen MR) is 109 cm³/mol. The number of aromatic hydroxyl groups is 2. The third kappa shape index (κ3) is 3.13. The Hall–Kier alpha value is -2.98. The Morgan fingerprint density at radius 2 is 1.63 bits per heavy atom. The van der Waals surface area contributed by atoms with Crippen molar-refractivity contribution in [1.82, 2.24) is 0 Å². The van der Waals surface area contributed by atoms with E-state index in [1.165, 1.54) is 6.07 Å². The molecule has 4 nitrogen and oxygen atoms in total. The number of para-hydroxylation sites is 1. The molecule has 2 aromatic rings. The fraction of sp³-hybridized carbons (Fsp3) is 0.136. The van der Waals surface area contributed by atoms with Gasteiger partial charge < -0.3 is 14.6 Å². The summed E-state index contributed by atoms with van der Waals surface area (Å²) in [6, 6.07) is 13.1. The van der Waals surface area contributed by atoms with Gasteiger partial charge in [-0.2, -0.15) is 0 Å². The number of hydrogen-bond donors (Lipinski definition) is 2. The molecule has 1 aliphatic carbocycles. The Bertz CT molecular complexity index is 1160. The third-order valence-electron chi connectivity index (χ3n) is 4.34. The Morgan fingerprint density at radius 1 is 0.926 bits per heavy atom. The number of phenolic OH excluding ortho intramolecular Hbond substituents is 2. The summed E-state index contributed by atoms with van der Waals surface area (Å²) in [5.74, 6) is 0.536. The zero-order chi connectivity index (χ0) is 19.7. The van der Waals surface area contributed by atoms with Crippen LogP contribution in [0.2, 0.25) is 5.02 Å². The van der Waals surface area contributed by atoms with E-state index >= 15 is 0 Å². The summed E-state index contributed by atoms with van der Waals surface area (Å²) in [7, 11) is 0. The van der Waals surface area contributed by atoms with Gasteiger partial charge in [-0.25, -0.2) is 0 Å². The predicted octanol–water partition coefficient (Wildman–Crippen LogP) is 5.96. The molecule has 4 rings (SSSR count). The van der Waals surface area contributed by atoms with Crippen LogP contribution in [-0.2, 0) is 0 Å². The smallest absolute Gasteiger partial charge is 0.200 e. The van der Waals surface area contributed by atoms with E-state index in [9.17, 15) is 15.0 Å². The molecule has 2 aliphatic rings. The van der Waals surface area contributed by atoms with Crippen LogP contribution < -0.4 is 5.43 Å². The number of rotatable bonds is 1. The number of hydrogen-bond acceptors (Lipinski definition) is 4. The Kier molecular flexibility index (Phi) is 5.10. The highest BCUT2D eigenvalue weighted by Gasteiger charge is 2.22. The van der Waals surface area contributed by atoms with Crippen molar-refractivity contribution in [1.29, 1.82) is 0 Å². The molecule has 0 atom stereocenters. The van der Waals surface area contributed by atoms with Crippen molar-refractivity contribution in [2.24, 2.45) is 0 Å². The van der Waals surface area contributed by atoms with Crippen molar-refractivity contribution < 1.29 is 14.6 Å². The third-order valence-corrected chi connectivity index (χ3v) is 4.63. The quantitative estimate of drug-likeness (QED) is 0.398. The monoisotopic (exact) mass is 382 g/mol. The molecule has 0 amide bonds. The van der Waals surface area contributed by atoms with Crippen LogP contribution in [0.5, 0.6) is 11.5 Å². The highest BCUT2D eigenvalue weighted by Crippen LogP contribution is 2.45. The lowest BCUT2D eigenvalue weighted by Gasteiger charge is -2.17. The Labute approximate surface area is 161 Å². The Balaban J connectivity index is 0.00000102. The first kappa shape index (κ1) is 18.8. The van der Waals surface area contributed by atoms with Gasteiger partial charge in [0, 0.05) is 33.7 Å². The van der Waals surface area contributed by atoms with E-state index in [-0.39, 0.29) is 22.0 Å². The first-order valence-corrected chi connectivity index (χ1v) is 9.02. The highest BCUT2D eigenvalue weighted by atomic mass is 35.5. The topological polar surface area (TPSA) is 70.7 Å². The molecule has 1 aliphatic heterocycles. The molecule has 2 N–H and O–H groups in total. The molecule has 0 saturated carbocycles. The summed E-state index contributed by atoms with van der Waals surface area (Å²) >= 11 is 6.04. The number of fused-ring (bicyclic) bond motifs is 2. The highest BCUT2D eigenvalue weighted by molar-refractivity contribution is 6.31. The first-order chi connectivity index (χ1) is 13.0. The molecule has 138 valence electrons. The lowest BCUT2D eigenvalue weighted by atomic mass is 9.92. The van der Waals surface area contributed by atoms with Gasteiger partial charge in [0.2, 0.25) is 5.43 Å². The Morgan fingerprint density at radius 3 is 2.33 bits per heavy atom.